The number of hydrogen-bond acceptors (Lipinski definition) is 0. The van der Waals surface area contributed by atoms with Crippen molar-refractivity contribution in [2.24, 2.45) is 0 Å². The highest BCUT2D eigenvalue weighted by Crippen LogP contribution is 2.41. The summed E-state index contributed by atoms with van der Waals surface area (Å²) in [4.78, 5) is 0. The van der Waals surface area contributed by atoms with E-state index in [9.17, 15) is 22.0 Å². The Morgan fingerprint density at radius 2 is 1.53 bits per heavy atom. The minimum atomic E-state index is -2.23. The third-order valence-corrected chi connectivity index (χ3v) is 4.89. The third-order valence-electron chi connectivity index (χ3n) is 2.66. The molecule has 0 bridgehead atoms. The highest BCUT2D eigenvalue weighted by atomic mass is 79.9. The molecule has 1 unspecified atom stereocenters. The maximum Gasteiger partial charge on any atom is 0.200 e. The van der Waals surface area contributed by atoms with Gasteiger partial charge in [0.1, 0.15) is 0 Å². The van der Waals surface area contributed by atoms with E-state index >= 15 is 0 Å². The molecule has 0 N–H and O–H groups in total. The van der Waals surface area contributed by atoms with Crippen LogP contribution in [0.3, 0.4) is 0 Å². The number of fused-ring (bicyclic) bond motifs is 1. The Kier molecular flexibility index (Phi) is 3.88. The average Bonchev–Trinajstić information content (AvgIpc) is 2.41. The summed E-state index contributed by atoms with van der Waals surface area (Å²) >= 11 is 5.56. The van der Waals surface area contributed by atoms with Gasteiger partial charge in [-0.05, 0) is 15.9 Å². The minimum absolute atomic E-state index is 0.279. The molecule has 7 heteroatoms. The predicted octanol–water partition coefficient (Wildman–Crippen LogP) is 5.31. The Balaban J connectivity index is 2.98. The molecule has 0 radical (unpaired) electrons. The van der Waals surface area contributed by atoms with E-state index in [1.165, 1.54) is 6.07 Å². The Morgan fingerprint density at radius 3 is 2.11 bits per heavy atom. The largest absolute Gasteiger partial charge is 0.225 e. The summed E-state index contributed by atoms with van der Waals surface area (Å²) in [5.74, 6) is -7.05. The molecule has 1 atom stereocenters. The number of halogens is 7. The second-order valence-electron chi connectivity index (χ2n) is 3.82. The van der Waals surface area contributed by atoms with Crippen LogP contribution in [0.2, 0.25) is 0 Å². The van der Waals surface area contributed by atoms with Crippen molar-refractivity contribution >= 4 is 42.6 Å². The first kappa shape index (κ1) is 14.7. The summed E-state index contributed by atoms with van der Waals surface area (Å²) in [6, 6.07) is 3.45. The van der Waals surface area contributed by atoms with Crippen molar-refractivity contribution in [1.82, 2.24) is 0 Å². The molecule has 0 saturated carbocycles. The van der Waals surface area contributed by atoms with E-state index in [0.29, 0.717) is 0 Å². The zero-order valence-corrected chi connectivity index (χ0v) is 12.3. The van der Waals surface area contributed by atoms with Gasteiger partial charge in [-0.2, -0.15) is 0 Å². The van der Waals surface area contributed by atoms with Crippen molar-refractivity contribution in [2.45, 2.75) is 4.58 Å². The topological polar surface area (TPSA) is 0 Å². The molecule has 0 aliphatic carbocycles. The number of benzene rings is 2. The van der Waals surface area contributed by atoms with Gasteiger partial charge in [0.15, 0.2) is 27.8 Å². The summed E-state index contributed by atoms with van der Waals surface area (Å²) in [5.41, 5.74) is -0.322. The molecule has 0 aliphatic heterocycles. The van der Waals surface area contributed by atoms with Gasteiger partial charge < -0.3 is 0 Å². The Morgan fingerprint density at radius 1 is 0.947 bits per heavy atom. The number of rotatable bonds is 2. The van der Waals surface area contributed by atoms with Gasteiger partial charge in [-0.25, -0.2) is 22.0 Å². The van der Waals surface area contributed by atoms with E-state index in [1.807, 2.05) is 0 Å². The molecule has 0 amide bonds. The smallest absolute Gasteiger partial charge is 0.200 e. The molecule has 0 heterocycles. The van der Waals surface area contributed by atoms with E-state index < -0.39 is 38.6 Å². The van der Waals surface area contributed by atoms with Gasteiger partial charge in [0, 0.05) is 16.3 Å². The van der Waals surface area contributed by atoms with Crippen molar-refractivity contribution in [3.63, 3.8) is 0 Å². The lowest BCUT2D eigenvalue weighted by atomic mass is 10.00. The lowest BCUT2D eigenvalue weighted by Gasteiger charge is -2.19. The van der Waals surface area contributed by atoms with Crippen LogP contribution in [0, 0.1) is 23.3 Å². The molecule has 0 spiro atoms. The van der Waals surface area contributed by atoms with Crippen LogP contribution in [0.5, 0.6) is 0 Å². The van der Waals surface area contributed by atoms with E-state index in [2.05, 4.69) is 31.9 Å². The van der Waals surface area contributed by atoms with Crippen molar-refractivity contribution in [1.29, 1.82) is 0 Å². The number of hydrogen-bond donors (Lipinski definition) is 0. The van der Waals surface area contributed by atoms with Gasteiger partial charge in [0.05, 0.1) is 5.33 Å². The monoisotopic (exact) mass is 402 g/mol. The molecule has 19 heavy (non-hydrogen) atoms. The molecule has 0 fully saturated rings. The van der Waals surface area contributed by atoms with Crippen LogP contribution in [-0.2, 0) is 4.58 Å². The fraction of sp³-hybridized carbons (Fsp3) is 0.167. The lowest BCUT2D eigenvalue weighted by Crippen LogP contribution is -2.14. The molecule has 0 saturated heterocycles. The summed E-state index contributed by atoms with van der Waals surface area (Å²) < 4.78 is 65.7. The second kappa shape index (κ2) is 5.01. The van der Waals surface area contributed by atoms with Gasteiger partial charge in [0.25, 0.3) is 0 Å². The fourth-order valence-corrected chi connectivity index (χ4v) is 2.40. The standard InChI is InChI=1S/C12H5Br2F5/c13-4-12(14,19)6-3-1-2-5-7(6)9(16)11(18)10(17)8(5)15/h1-3H,4H2. The first-order valence-electron chi connectivity index (χ1n) is 5.00. The molecule has 2 rings (SSSR count). The van der Waals surface area contributed by atoms with Crippen LogP contribution in [0.15, 0.2) is 18.2 Å². The predicted molar refractivity (Wildman–Crippen MR) is 69.3 cm³/mol. The highest BCUT2D eigenvalue weighted by molar-refractivity contribution is 9.12. The van der Waals surface area contributed by atoms with Gasteiger partial charge in [-0.3, -0.25) is 0 Å². The maximum atomic E-state index is 14.2. The summed E-state index contributed by atoms with van der Waals surface area (Å²) in [6.07, 6.45) is 0. The van der Waals surface area contributed by atoms with Crippen LogP contribution >= 0.6 is 31.9 Å². The van der Waals surface area contributed by atoms with Gasteiger partial charge in [-0.15, -0.1) is 0 Å². The van der Waals surface area contributed by atoms with Crippen LogP contribution in [0.25, 0.3) is 10.8 Å². The van der Waals surface area contributed by atoms with Gasteiger partial charge in [-0.1, -0.05) is 34.1 Å². The summed E-state index contributed by atoms with van der Waals surface area (Å²) in [5, 5.41) is -1.42. The van der Waals surface area contributed by atoms with E-state index in [4.69, 9.17) is 0 Å². The zero-order chi connectivity index (χ0) is 14.4. The third kappa shape index (κ3) is 2.27. The van der Waals surface area contributed by atoms with E-state index in [1.54, 1.807) is 0 Å². The van der Waals surface area contributed by atoms with Crippen LogP contribution in [-0.4, -0.2) is 5.33 Å². The molecule has 0 aromatic heterocycles. The second-order valence-corrected chi connectivity index (χ2v) is 5.64. The first-order chi connectivity index (χ1) is 8.81. The normalized spacial score (nSPS) is 14.7. The number of alkyl halides is 3. The molecular formula is C12H5Br2F5. The Hall–Kier alpha value is -0.690. The molecule has 0 nitrogen and oxygen atoms in total. The lowest BCUT2D eigenvalue weighted by molar-refractivity contribution is 0.345. The van der Waals surface area contributed by atoms with Crippen molar-refractivity contribution in [2.75, 3.05) is 5.33 Å². The zero-order valence-electron chi connectivity index (χ0n) is 9.08. The molecular weight excluding hydrogens is 399 g/mol. The van der Waals surface area contributed by atoms with Crippen molar-refractivity contribution in [3.8, 4) is 0 Å². The maximum absolute atomic E-state index is 14.2. The van der Waals surface area contributed by atoms with Gasteiger partial charge >= 0.3 is 0 Å². The summed E-state index contributed by atoms with van der Waals surface area (Å²) in [6.45, 7) is 0. The molecule has 102 valence electrons. The SMILES string of the molecule is Fc1c(F)c(F)c2c(C(F)(Br)CBr)cccc2c1F. The summed E-state index contributed by atoms with van der Waals surface area (Å²) in [7, 11) is 0. The van der Waals surface area contributed by atoms with Crippen molar-refractivity contribution in [3.05, 3.63) is 47.0 Å². The Labute approximate surface area is 121 Å². The van der Waals surface area contributed by atoms with Crippen molar-refractivity contribution < 1.29 is 22.0 Å². The average molecular weight is 404 g/mol. The van der Waals surface area contributed by atoms with Crippen LogP contribution in [0.4, 0.5) is 22.0 Å². The fourth-order valence-electron chi connectivity index (χ4n) is 1.77. The molecule has 0 aliphatic rings. The molecule has 2 aromatic rings. The van der Waals surface area contributed by atoms with E-state index in [-0.39, 0.29) is 10.9 Å². The first-order valence-corrected chi connectivity index (χ1v) is 6.91. The van der Waals surface area contributed by atoms with Gasteiger partial charge in [0.2, 0.25) is 0 Å². The molecule has 2 aromatic carbocycles. The minimum Gasteiger partial charge on any atom is -0.225 e. The van der Waals surface area contributed by atoms with Crippen LogP contribution in [0.1, 0.15) is 5.56 Å². The van der Waals surface area contributed by atoms with E-state index in [0.717, 1.165) is 12.1 Å². The highest BCUT2D eigenvalue weighted by Gasteiger charge is 2.32. The quantitative estimate of drug-likeness (QED) is 0.276. The Bertz CT molecular complexity index is 654. The van der Waals surface area contributed by atoms with Crippen LogP contribution < -0.4 is 0 Å².